The van der Waals surface area contributed by atoms with Crippen molar-refractivity contribution in [2.75, 3.05) is 14.2 Å². The van der Waals surface area contributed by atoms with Crippen LogP contribution in [-0.4, -0.2) is 50.4 Å². The molecule has 0 atom stereocenters. The highest BCUT2D eigenvalue weighted by Gasteiger charge is 2.17. The van der Waals surface area contributed by atoms with Gasteiger partial charge in [-0.15, -0.1) is 0 Å². The first-order valence-corrected chi connectivity index (χ1v) is 9.41. The Morgan fingerprint density at radius 2 is 1.04 bits per heavy atom. The molecule has 4 N–H and O–H groups in total. The Bertz CT molecular complexity index is 314. The van der Waals surface area contributed by atoms with Crippen LogP contribution in [0.2, 0.25) is 0 Å². The highest BCUT2D eigenvalue weighted by molar-refractivity contribution is 6.67. The summed E-state index contributed by atoms with van der Waals surface area (Å²) in [5.41, 5.74) is 0. The molecule has 0 aliphatic heterocycles. The molecule has 9 heteroatoms. The second-order valence-corrected chi connectivity index (χ2v) is 7.09. The maximum Gasteiger partial charge on any atom is 0.327 e. The van der Waals surface area contributed by atoms with Crippen LogP contribution in [0.4, 0.5) is 0 Å². The van der Waals surface area contributed by atoms with Gasteiger partial charge in [-0.1, -0.05) is 93.4 Å². The largest absolute Gasteiger partial charge is 0.478 e. The quantitative estimate of drug-likeness (QED) is 0.216. The average Bonchev–Trinajstić information content (AvgIpc) is 2.64. The summed E-state index contributed by atoms with van der Waals surface area (Å²) in [5, 5.41) is 29.2. The molecule has 0 aliphatic carbocycles. The van der Waals surface area contributed by atoms with Crippen molar-refractivity contribution in [3.63, 3.8) is 0 Å². The van der Waals surface area contributed by atoms with Gasteiger partial charge in [0.05, 0.1) is 0 Å². The Labute approximate surface area is 178 Å². The predicted molar refractivity (Wildman–Crippen MR) is 115 cm³/mol. The number of aliphatic hydroxyl groups excluding tert-OH is 2. The van der Waals surface area contributed by atoms with E-state index in [0.29, 0.717) is 6.42 Å². The maximum atomic E-state index is 9.25. The minimum absolute atomic E-state index is 0.686. The minimum Gasteiger partial charge on any atom is -0.478 e. The lowest BCUT2D eigenvalue weighted by Gasteiger charge is -2.09. The third-order valence-electron chi connectivity index (χ3n) is 2.41. The van der Waals surface area contributed by atoms with Crippen LogP contribution in [0.5, 0.6) is 0 Å². The molecule has 0 aromatic carbocycles. The second kappa shape index (κ2) is 32.8. The number of hydrogen-bond donors (Lipinski definition) is 4. The summed E-state index contributed by atoms with van der Waals surface area (Å²) in [6.45, 7) is 8.15. The number of aliphatic carboxylic acids is 2. The molecule has 0 aliphatic rings. The molecule has 0 bridgehead atoms. The molecule has 0 spiro atoms. The van der Waals surface area contributed by atoms with Crippen molar-refractivity contribution in [2.45, 2.75) is 62.1 Å². The van der Waals surface area contributed by atoms with Crippen molar-refractivity contribution in [1.29, 1.82) is 0 Å². The molecule has 0 saturated heterocycles. The van der Waals surface area contributed by atoms with Gasteiger partial charge in [0.15, 0.2) is 3.79 Å². The van der Waals surface area contributed by atoms with E-state index in [-0.39, 0.29) is 0 Å². The number of halogens is 3. The fourth-order valence-electron chi connectivity index (χ4n) is 1.28. The van der Waals surface area contributed by atoms with Gasteiger partial charge < -0.3 is 20.4 Å². The topological polar surface area (TPSA) is 115 Å². The van der Waals surface area contributed by atoms with Gasteiger partial charge in [-0.3, -0.25) is 0 Å². The molecule has 0 unspecified atom stereocenters. The van der Waals surface area contributed by atoms with Crippen molar-refractivity contribution in [3.8, 4) is 0 Å². The van der Waals surface area contributed by atoms with Crippen molar-refractivity contribution in [2.24, 2.45) is 0 Å². The molecule has 0 amide bonds. The van der Waals surface area contributed by atoms with Gasteiger partial charge in [-0.05, 0) is 12.8 Å². The first-order valence-electron chi connectivity index (χ1n) is 8.27. The van der Waals surface area contributed by atoms with Gasteiger partial charge in [-0.2, -0.15) is 0 Å². The fourth-order valence-corrected chi connectivity index (χ4v) is 1.68. The van der Waals surface area contributed by atoms with Crippen LogP contribution in [0.25, 0.3) is 0 Å². The van der Waals surface area contributed by atoms with Crippen LogP contribution in [0.1, 0.15) is 58.3 Å². The molecule has 27 heavy (non-hydrogen) atoms. The highest BCUT2D eigenvalue weighted by Crippen LogP contribution is 2.32. The van der Waals surface area contributed by atoms with Gasteiger partial charge in [-0.25, -0.2) is 9.59 Å². The van der Waals surface area contributed by atoms with Crippen molar-refractivity contribution >= 4 is 46.7 Å². The molecule has 0 heterocycles. The van der Waals surface area contributed by atoms with Crippen molar-refractivity contribution < 1.29 is 30.0 Å². The van der Waals surface area contributed by atoms with Gasteiger partial charge in [0.2, 0.25) is 0 Å². The zero-order valence-electron chi connectivity index (χ0n) is 16.5. The average molecular weight is 454 g/mol. The zero-order valence-corrected chi connectivity index (χ0v) is 18.7. The molecular weight excluding hydrogens is 419 g/mol. The van der Waals surface area contributed by atoms with E-state index in [1.54, 1.807) is 0 Å². The normalized spacial score (nSPS) is 8.59. The van der Waals surface area contributed by atoms with Crippen molar-refractivity contribution in [1.82, 2.24) is 0 Å². The smallest absolute Gasteiger partial charge is 0.327 e. The number of hydrogen-bond acceptors (Lipinski definition) is 4. The predicted octanol–water partition coefficient (Wildman–Crippen LogP) is 5.23. The number of alkyl halides is 3. The number of carboxylic acids is 2. The van der Waals surface area contributed by atoms with Crippen LogP contribution in [0.3, 0.4) is 0 Å². The third-order valence-corrected chi connectivity index (χ3v) is 2.98. The highest BCUT2D eigenvalue weighted by atomic mass is 35.6. The van der Waals surface area contributed by atoms with Gasteiger partial charge in [0, 0.05) is 26.4 Å². The zero-order chi connectivity index (χ0) is 22.7. The van der Waals surface area contributed by atoms with E-state index in [9.17, 15) is 9.59 Å². The van der Waals surface area contributed by atoms with Crippen LogP contribution in [0, 0.1) is 0 Å². The summed E-state index contributed by atoms with van der Waals surface area (Å²) in [7, 11) is 2.00. The first kappa shape index (κ1) is 37.0. The molecular formula is C18H35Cl3O6. The Hall–Kier alpha value is -0.790. The van der Waals surface area contributed by atoms with E-state index in [1.807, 2.05) is 0 Å². The van der Waals surface area contributed by atoms with Crippen molar-refractivity contribution in [3.05, 3.63) is 25.3 Å². The molecule has 0 rings (SSSR count). The SMILES string of the molecule is C=CC(=O)O.C=CC(=O)O.CCCCCCCCCC(Cl)(Cl)Cl.CO.CO. The van der Waals surface area contributed by atoms with Crippen LogP contribution in [0.15, 0.2) is 25.3 Å². The molecule has 0 fully saturated rings. The Morgan fingerprint density at radius 1 is 0.778 bits per heavy atom. The second-order valence-electron chi connectivity index (χ2n) is 4.57. The number of carboxylic acid groups (broad SMARTS) is 2. The summed E-state index contributed by atoms with van der Waals surface area (Å²) in [5.74, 6) is -1.96. The summed E-state index contributed by atoms with van der Waals surface area (Å²) in [4.78, 5) is 18.5. The molecule has 0 aromatic rings. The number of carbonyl (C=O) groups is 2. The van der Waals surface area contributed by atoms with E-state index in [0.717, 1.165) is 32.8 Å². The molecule has 0 aromatic heterocycles. The van der Waals surface area contributed by atoms with Gasteiger partial charge in [0.25, 0.3) is 0 Å². The van der Waals surface area contributed by atoms with Crippen LogP contribution in [-0.2, 0) is 9.59 Å². The Balaban J connectivity index is -0.0000000954. The van der Waals surface area contributed by atoms with Gasteiger partial charge >= 0.3 is 11.9 Å². The molecule has 0 radical (unpaired) electrons. The summed E-state index contributed by atoms with van der Waals surface area (Å²) in [6, 6.07) is 0. The van der Waals surface area contributed by atoms with Gasteiger partial charge in [0.1, 0.15) is 0 Å². The van der Waals surface area contributed by atoms with E-state index in [1.165, 1.54) is 38.5 Å². The summed E-state index contributed by atoms with van der Waals surface area (Å²) < 4.78 is -1.04. The minimum atomic E-state index is -1.04. The maximum absolute atomic E-state index is 9.25. The number of aliphatic hydroxyl groups is 2. The van der Waals surface area contributed by atoms with E-state index in [4.69, 9.17) is 55.2 Å². The standard InChI is InChI=1S/C10H19Cl3.2C3H4O2.2CH4O/c1-2-3-4-5-6-7-8-9-10(11,12)13;2*1-2-3(4)5;2*1-2/h2-9H2,1H3;2*2H,1H2,(H,4,5);2*2H,1H3. The van der Waals surface area contributed by atoms with Crippen LogP contribution < -0.4 is 0 Å². The number of rotatable bonds is 9. The van der Waals surface area contributed by atoms with Crippen LogP contribution >= 0.6 is 34.8 Å². The Kier molecular flexibility index (Phi) is 45.0. The lowest BCUT2D eigenvalue weighted by atomic mass is 10.1. The third kappa shape index (κ3) is 77.8. The lowest BCUT2D eigenvalue weighted by Crippen LogP contribution is -2.00. The first-order chi connectivity index (χ1) is 12.6. The van der Waals surface area contributed by atoms with E-state index >= 15 is 0 Å². The fraction of sp³-hybridized carbons (Fsp3) is 0.667. The summed E-state index contributed by atoms with van der Waals surface area (Å²) in [6.07, 6.45) is 11.2. The monoisotopic (exact) mass is 452 g/mol. The molecule has 0 saturated carbocycles. The molecule has 164 valence electrons. The summed E-state index contributed by atoms with van der Waals surface area (Å²) >= 11 is 16.9. The Morgan fingerprint density at radius 3 is 1.26 bits per heavy atom. The van der Waals surface area contributed by atoms with E-state index in [2.05, 4.69) is 20.1 Å². The van der Waals surface area contributed by atoms with E-state index < -0.39 is 15.7 Å². The number of unbranched alkanes of at least 4 members (excludes halogenated alkanes) is 6. The molecule has 6 nitrogen and oxygen atoms in total. The lowest BCUT2D eigenvalue weighted by molar-refractivity contribution is -0.132.